The van der Waals surface area contributed by atoms with Gasteiger partial charge in [0, 0.05) is 19.6 Å². The monoisotopic (exact) mass is 372 g/mol. The van der Waals surface area contributed by atoms with Gasteiger partial charge in [0.25, 0.3) is 0 Å². The van der Waals surface area contributed by atoms with Crippen LogP contribution in [-0.4, -0.2) is 68.9 Å². The molecule has 25 heavy (non-hydrogen) atoms. The Balaban J connectivity index is 2.36. The summed E-state index contributed by atoms with van der Waals surface area (Å²) in [5, 5.41) is 21.7. The van der Waals surface area contributed by atoms with E-state index in [4.69, 9.17) is 9.84 Å². The molecule has 7 nitrogen and oxygen atoms in total. The summed E-state index contributed by atoms with van der Waals surface area (Å²) < 4.78 is 30.1. The Hall–Kier alpha value is -1.35. The first-order valence-electron chi connectivity index (χ1n) is 8.56. The number of nitrogens with one attached hydrogen (secondary N) is 1. The molecule has 0 spiro atoms. The number of benzene rings is 1. The molecule has 0 aromatic heterocycles. The second-order valence-electron chi connectivity index (χ2n) is 6.46. The molecule has 142 valence electrons. The topological polar surface area (TPSA) is 99.1 Å². The predicted octanol–water partition coefficient (Wildman–Crippen LogP) is 0.859. The molecule has 2 rings (SSSR count). The number of rotatable bonds is 7. The van der Waals surface area contributed by atoms with Gasteiger partial charge in [-0.15, -0.1) is 0 Å². The van der Waals surface area contributed by atoms with Gasteiger partial charge in [-0.1, -0.05) is 6.92 Å². The van der Waals surface area contributed by atoms with E-state index in [9.17, 15) is 13.5 Å². The molecule has 0 radical (unpaired) electrons. The number of hydrogen-bond donors (Lipinski definition) is 3. The molecule has 0 bridgehead atoms. The standard InChI is InChI=1S/C17H28N2O5S/c1-4-25(22,23)15-5-6-17(16(7-15)18-8-14(21)11-20)19-9-12(2)24-13(3)10-19/h5-7,12-14,18,20-21H,4,8-11H2,1-3H3. The fourth-order valence-corrected chi connectivity index (χ4v) is 3.87. The van der Waals surface area contributed by atoms with Crippen LogP contribution in [0, 0.1) is 0 Å². The molecule has 1 fully saturated rings. The normalized spacial score (nSPS) is 22.7. The van der Waals surface area contributed by atoms with Crippen molar-refractivity contribution in [1.29, 1.82) is 0 Å². The highest BCUT2D eigenvalue weighted by Crippen LogP contribution is 2.31. The summed E-state index contributed by atoms with van der Waals surface area (Å²) in [5.41, 5.74) is 1.49. The van der Waals surface area contributed by atoms with Crippen molar-refractivity contribution < 1.29 is 23.4 Å². The summed E-state index contributed by atoms with van der Waals surface area (Å²) in [4.78, 5) is 2.39. The summed E-state index contributed by atoms with van der Waals surface area (Å²) in [7, 11) is -3.33. The van der Waals surface area contributed by atoms with Crippen molar-refractivity contribution in [3.05, 3.63) is 18.2 Å². The van der Waals surface area contributed by atoms with Crippen LogP contribution < -0.4 is 10.2 Å². The maximum atomic E-state index is 12.2. The Morgan fingerprint density at radius 2 is 1.96 bits per heavy atom. The van der Waals surface area contributed by atoms with Crippen LogP contribution in [0.15, 0.2) is 23.1 Å². The van der Waals surface area contributed by atoms with Crippen LogP contribution >= 0.6 is 0 Å². The van der Waals surface area contributed by atoms with E-state index >= 15 is 0 Å². The van der Waals surface area contributed by atoms with Crippen LogP contribution in [0.4, 0.5) is 11.4 Å². The van der Waals surface area contributed by atoms with Gasteiger partial charge in [0.1, 0.15) is 0 Å². The second kappa shape index (κ2) is 8.35. The van der Waals surface area contributed by atoms with Gasteiger partial charge in [-0.25, -0.2) is 8.42 Å². The molecule has 0 aliphatic carbocycles. The van der Waals surface area contributed by atoms with E-state index in [0.29, 0.717) is 18.8 Å². The van der Waals surface area contributed by atoms with E-state index in [1.54, 1.807) is 25.1 Å². The molecule has 0 amide bonds. The first kappa shape index (κ1) is 20.0. The lowest BCUT2D eigenvalue weighted by atomic mass is 10.1. The van der Waals surface area contributed by atoms with E-state index in [1.807, 2.05) is 13.8 Å². The zero-order valence-corrected chi connectivity index (χ0v) is 15.8. The highest BCUT2D eigenvalue weighted by atomic mass is 32.2. The molecule has 1 saturated heterocycles. The molecule has 3 N–H and O–H groups in total. The van der Waals surface area contributed by atoms with Crippen molar-refractivity contribution in [2.24, 2.45) is 0 Å². The molecule has 8 heteroatoms. The van der Waals surface area contributed by atoms with Gasteiger partial charge in [-0.2, -0.15) is 0 Å². The maximum Gasteiger partial charge on any atom is 0.178 e. The van der Waals surface area contributed by atoms with E-state index in [-0.39, 0.29) is 36.0 Å². The zero-order valence-electron chi connectivity index (χ0n) is 15.0. The van der Waals surface area contributed by atoms with E-state index < -0.39 is 15.9 Å². The number of nitrogens with zero attached hydrogens (tertiary/aromatic N) is 1. The average Bonchev–Trinajstić information content (AvgIpc) is 2.58. The summed E-state index contributed by atoms with van der Waals surface area (Å²) in [6, 6.07) is 5.01. The van der Waals surface area contributed by atoms with Gasteiger partial charge in [-0.05, 0) is 32.0 Å². The Kier molecular flexibility index (Phi) is 6.67. The number of ether oxygens (including phenoxy) is 1. The van der Waals surface area contributed by atoms with Gasteiger partial charge in [0.15, 0.2) is 9.84 Å². The molecular weight excluding hydrogens is 344 g/mol. The lowest BCUT2D eigenvalue weighted by Gasteiger charge is -2.38. The third kappa shape index (κ3) is 5.07. The molecule has 1 aromatic carbocycles. The minimum atomic E-state index is -3.33. The Morgan fingerprint density at radius 3 is 2.52 bits per heavy atom. The van der Waals surface area contributed by atoms with Gasteiger partial charge in [0.2, 0.25) is 0 Å². The minimum Gasteiger partial charge on any atom is -0.394 e. The third-order valence-corrected chi connectivity index (χ3v) is 5.94. The van der Waals surface area contributed by atoms with Crippen molar-refractivity contribution in [1.82, 2.24) is 0 Å². The summed E-state index contributed by atoms with van der Waals surface area (Å²) in [6.45, 7) is 6.78. The fourth-order valence-electron chi connectivity index (χ4n) is 2.96. The number of aliphatic hydroxyl groups is 2. The molecular formula is C17H28N2O5S. The van der Waals surface area contributed by atoms with Crippen molar-refractivity contribution in [3.63, 3.8) is 0 Å². The maximum absolute atomic E-state index is 12.2. The molecule has 1 heterocycles. The van der Waals surface area contributed by atoms with Crippen LogP contribution in [0.1, 0.15) is 20.8 Å². The highest BCUT2D eigenvalue weighted by Gasteiger charge is 2.25. The summed E-state index contributed by atoms with van der Waals surface area (Å²) in [6.07, 6.45) is -0.779. The van der Waals surface area contributed by atoms with Gasteiger partial charge in [-0.3, -0.25) is 0 Å². The van der Waals surface area contributed by atoms with Crippen molar-refractivity contribution >= 4 is 21.2 Å². The molecule has 3 unspecified atom stereocenters. The Bertz CT molecular complexity index is 670. The smallest absolute Gasteiger partial charge is 0.178 e. The van der Waals surface area contributed by atoms with Crippen molar-refractivity contribution in [3.8, 4) is 0 Å². The van der Waals surface area contributed by atoms with Gasteiger partial charge >= 0.3 is 0 Å². The number of anilines is 2. The molecule has 1 aromatic rings. The second-order valence-corrected chi connectivity index (χ2v) is 8.74. The largest absolute Gasteiger partial charge is 0.394 e. The van der Waals surface area contributed by atoms with Crippen LogP contribution in [0.25, 0.3) is 0 Å². The van der Waals surface area contributed by atoms with Crippen LogP contribution in [-0.2, 0) is 14.6 Å². The van der Waals surface area contributed by atoms with E-state index in [1.165, 1.54) is 0 Å². The van der Waals surface area contributed by atoms with Gasteiger partial charge < -0.3 is 25.2 Å². The summed E-state index contributed by atoms with van der Waals surface area (Å²) >= 11 is 0. The Labute approximate surface area is 149 Å². The molecule has 3 atom stereocenters. The zero-order chi connectivity index (χ0) is 18.6. The van der Waals surface area contributed by atoms with Crippen LogP contribution in [0.5, 0.6) is 0 Å². The number of morpholine rings is 1. The van der Waals surface area contributed by atoms with Crippen molar-refractivity contribution in [2.45, 2.75) is 44.0 Å². The average molecular weight is 372 g/mol. The van der Waals surface area contributed by atoms with Crippen LogP contribution in [0.3, 0.4) is 0 Å². The molecule has 1 aliphatic heterocycles. The first-order valence-corrected chi connectivity index (χ1v) is 10.2. The number of sulfone groups is 1. The quantitative estimate of drug-likeness (QED) is 0.653. The minimum absolute atomic E-state index is 0.0245. The van der Waals surface area contributed by atoms with Crippen LogP contribution in [0.2, 0.25) is 0 Å². The SMILES string of the molecule is CCS(=O)(=O)c1ccc(N2CC(C)OC(C)C2)c(NCC(O)CO)c1. The lowest BCUT2D eigenvalue weighted by molar-refractivity contribution is -0.00518. The third-order valence-electron chi connectivity index (χ3n) is 4.21. The Morgan fingerprint density at radius 1 is 1.32 bits per heavy atom. The fraction of sp³-hybridized carbons (Fsp3) is 0.647. The van der Waals surface area contributed by atoms with E-state index in [2.05, 4.69) is 10.2 Å². The summed E-state index contributed by atoms with van der Waals surface area (Å²) in [5.74, 6) is 0.0245. The highest BCUT2D eigenvalue weighted by molar-refractivity contribution is 7.91. The molecule has 1 aliphatic rings. The lowest BCUT2D eigenvalue weighted by Crippen LogP contribution is -2.45. The van der Waals surface area contributed by atoms with Gasteiger partial charge in [0.05, 0.1) is 46.9 Å². The van der Waals surface area contributed by atoms with Crippen molar-refractivity contribution in [2.75, 3.05) is 42.2 Å². The number of hydrogen-bond acceptors (Lipinski definition) is 7. The van der Waals surface area contributed by atoms with E-state index in [0.717, 1.165) is 5.69 Å². The molecule has 0 saturated carbocycles. The predicted molar refractivity (Wildman–Crippen MR) is 98.0 cm³/mol. The first-order chi connectivity index (χ1) is 11.8. The number of aliphatic hydroxyl groups excluding tert-OH is 2.